The van der Waals surface area contributed by atoms with Crippen LogP contribution < -0.4 is 10.6 Å². The van der Waals surface area contributed by atoms with Gasteiger partial charge in [-0.05, 0) is 30.4 Å². The molecule has 2 rings (SSSR count). The van der Waals surface area contributed by atoms with Gasteiger partial charge in [0.05, 0.1) is 12.7 Å². The Labute approximate surface area is 172 Å². The van der Waals surface area contributed by atoms with Gasteiger partial charge in [0.1, 0.15) is 0 Å². The Kier molecular flexibility index (Phi) is 11.4. The molecule has 0 radical (unpaired) electrons. The lowest BCUT2D eigenvalue weighted by Gasteiger charge is -2.10. The minimum absolute atomic E-state index is 0. The maximum Gasteiger partial charge on any atom is 0.191 e. The summed E-state index contributed by atoms with van der Waals surface area (Å²) in [5.41, 5.74) is 2.40. The Morgan fingerprint density at radius 2 is 1.96 bits per heavy atom. The lowest BCUT2D eigenvalue weighted by Crippen LogP contribution is -2.37. The van der Waals surface area contributed by atoms with Crippen molar-refractivity contribution in [2.24, 2.45) is 4.99 Å². The van der Waals surface area contributed by atoms with Gasteiger partial charge in [0.15, 0.2) is 5.96 Å². The van der Waals surface area contributed by atoms with E-state index in [-0.39, 0.29) is 24.0 Å². The fraction of sp³-hybridized carbons (Fsp3) is 0.444. The van der Waals surface area contributed by atoms with Crippen molar-refractivity contribution in [2.45, 2.75) is 25.9 Å². The molecule has 0 saturated heterocycles. The molecule has 0 atom stereocenters. The second-order valence-electron chi connectivity index (χ2n) is 5.58. The predicted molar refractivity (Wildman–Crippen MR) is 119 cm³/mol. The molecule has 1 aromatic carbocycles. The number of aromatic nitrogens is 2. The van der Waals surface area contributed by atoms with Gasteiger partial charge in [0.2, 0.25) is 0 Å². The van der Waals surface area contributed by atoms with Crippen LogP contribution in [-0.4, -0.2) is 41.3 Å². The van der Waals surface area contributed by atoms with Crippen molar-refractivity contribution < 1.29 is 0 Å². The zero-order valence-corrected chi connectivity index (χ0v) is 18.1. The number of unbranched alkanes of at least 4 members (excludes halogenated alkanes) is 1. The number of benzene rings is 1. The van der Waals surface area contributed by atoms with Gasteiger partial charge in [-0.2, -0.15) is 16.9 Å². The quantitative estimate of drug-likeness (QED) is 0.254. The highest BCUT2D eigenvalue weighted by Gasteiger charge is 2.02. The Balaban J connectivity index is 0.00000312. The highest BCUT2D eigenvalue weighted by atomic mass is 127. The van der Waals surface area contributed by atoms with E-state index in [0.29, 0.717) is 0 Å². The predicted octanol–water partition coefficient (Wildman–Crippen LogP) is 3.36. The molecule has 0 aliphatic rings. The summed E-state index contributed by atoms with van der Waals surface area (Å²) in [5.74, 6) is 2.06. The maximum atomic E-state index is 4.43. The van der Waals surface area contributed by atoms with Gasteiger partial charge in [-0.1, -0.05) is 30.3 Å². The zero-order chi connectivity index (χ0) is 17.0. The van der Waals surface area contributed by atoms with Crippen LogP contribution in [0.5, 0.6) is 0 Å². The lowest BCUT2D eigenvalue weighted by molar-refractivity contribution is 0.685. The van der Waals surface area contributed by atoms with Crippen LogP contribution in [0, 0.1) is 0 Å². The molecule has 0 bridgehead atoms. The molecule has 0 spiro atoms. The molecule has 0 fully saturated rings. The van der Waals surface area contributed by atoms with Gasteiger partial charge in [-0.15, -0.1) is 24.0 Å². The first-order valence-corrected chi connectivity index (χ1v) is 9.70. The van der Waals surface area contributed by atoms with Crippen LogP contribution >= 0.6 is 35.7 Å². The summed E-state index contributed by atoms with van der Waals surface area (Å²) in [6.45, 7) is 2.47. The van der Waals surface area contributed by atoms with Gasteiger partial charge in [-0.25, -0.2) is 0 Å². The summed E-state index contributed by atoms with van der Waals surface area (Å²) in [4.78, 5) is 4.26. The first-order chi connectivity index (χ1) is 11.8. The third-order valence-corrected chi connectivity index (χ3v) is 4.32. The monoisotopic (exact) mass is 473 g/mol. The number of nitrogens with zero attached hydrogens (tertiary/aromatic N) is 3. The molecule has 2 aromatic rings. The van der Waals surface area contributed by atoms with Gasteiger partial charge in [0.25, 0.3) is 0 Å². The first-order valence-electron chi connectivity index (χ1n) is 8.30. The van der Waals surface area contributed by atoms with Crippen molar-refractivity contribution in [2.75, 3.05) is 25.6 Å². The highest BCUT2D eigenvalue weighted by molar-refractivity contribution is 14.0. The molecule has 25 heavy (non-hydrogen) atoms. The highest BCUT2D eigenvalue weighted by Crippen LogP contribution is 2.04. The Bertz CT molecular complexity index is 615. The summed E-state index contributed by atoms with van der Waals surface area (Å²) in [5, 5.41) is 11.1. The maximum absolute atomic E-state index is 4.43. The van der Waals surface area contributed by atoms with Crippen LogP contribution in [0.3, 0.4) is 0 Å². The number of hydrogen-bond acceptors (Lipinski definition) is 3. The van der Waals surface area contributed by atoms with Crippen molar-refractivity contribution >= 4 is 41.7 Å². The van der Waals surface area contributed by atoms with Crippen molar-refractivity contribution in [3.63, 3.8) is 0 Å². The molecule has 0 amide bonds. The van der Waals surface area contributed by atoms with Crippen LogP contribution in [0.15, 0.2) is 47.7 Å². The number of halogens is 1. The van der Waals surface area contributed by atoms with Gasteiger partial charge in [-0.3, -0.25) is 9.67 Å². The fourth-order valence-electron chi connectivity index (χ4n) is 2.34. The Morgan fingerprint density at radius 3 is 2.68 bits per heavy atom. The van der Waals surface area contributed by atoms with E-state index >= 15 is 0 Å². The molecule has 5 nitrogen and oxygen atoms in total. The zero-order valence-electron chi connectivity index (χ0n) is 14.9. The number of aliphatic imine (C=N–C) groups is 1. The number of thioether (sulfide) groups is 1. The van der Waals surface area contributed by atoms with E-state index < -0.39 is 0 Å². The second-order valence-corrected chi connectivity index (χ2v) is 6.57. The van der Waals surface area contributed by atoms with E-state index in [9.17, 15) is 0 Å². The van der Waals surface area contributed by atoms with E-state index in [2.05, 4.69) is 57.4 Å². The van der Waals surface area contributed by atoms with Crippen LogP contribution in [0.25, 0.3) is 0 Å². The van der Waals surface area contributed by atoms with Gasteiger partial charge < -0.3 is 10.6 Å². The second kappa shape index (κ2) is 13.0. The number of nitrogens with one attached hydrogen (secondary N) is 2. The Hall–Kier alpha value is -1.22. The molecule has 0 aliphatic heterocycles. The first kappa shape index (κ1) is 21.8. The molecular weight excluding hydrogens is 445 g/mol. The van der Waals surface area contributed by atoms with E-state index in [4.69, 9.17) is 0 Å². The van der Waals surface area contributed by atoms with Crippen molar-refractivity contribution in [1.29, 1.82) is 0 Å². The van der Waals surface area contributed by atoms with Gasteiger partial charge in [0, 0.05) is 31.9 Å². The molecule has 0 unspecified atom stereocenters. The SMILES string of the molecule is CN=C(NCCCCSC)NCc1cnn(Cc2ccccc2)c1.I. The smallest absolute Gasteiger partial charge is 0.191 e. The van der Waals surface area contributed by atoms with Crippen LogP contribution in [0.1, 0.15) is 24.0 Å². The Morgan fingerprint density at radius 1 is 1.16 bits per heavy atom. The van der Waals surface area contributed by atoms with Crippen molar-refractivity contribution in [3.05, 3.63) is 53.9 Å². The average molecular weight is 473 g/mol. The summed E-state index contributed by atoms with van der Waals surface area (Å²) < 4.78 is 1.96. The van der Waals surface area contributed by atoms with Crippen LogP contribution in [0.2, 0.25) is 0 Å². The molecule has 1 aromatic heterocycles. The summed E-state index contributed by atoms with van der Waals surface area (Å²) in [7, 11) is 1.80. The van der Waals surface area contributed by atoms with E-state index in [0.717, 1.165) is 37.6 Å². The van der Waals surface area contributed by atoms with E-state index in [1.807, 2.05) is 28.7 Å². The van der Waals surface area contributed by atoms with E-state index in [1.165, 1.54) is 17.7 Å². The minimum Gasteiger partial charge on any atom is -0.356 e. The summed E-state index contributed by atoms with van der Waals surface area (Å²) in [6, 6.07) is 10.4. The van der Waals surface area contributed by atoms with Crippen LogP contribution in [-0.2, 0) is 13.1 Å². The third-order valence-electron chi connectivity index (χ3n) is 3.63. The summed E-state index contributed by atoms with van der Waals surface area (Å²) >= 11 is 1.89. The topological polar surface area (TPSA) is 54.2 Å². The number of hydrogen-bond donors (Lipinski definition) is 2. The molecule has 1 heterocycles. The van der Waals surface area contributed by atoms with Crippen LogP contribution in [0.4, 0.5) is 0 Å². The number of rotatable bonds is 9. The lowest BCUT2D eigenvalue weighted by atomic mass is 10.2. The van der Waals surface area contributed by atoms with Gasteiger partial charge >= 0.3 is 0 Å². The number of guanidine groups is 1. The molecular formula is C18H28IN5S. The van der Waals surface area contributed by atoms with Crippen molar-refractivity contribution in [3.8, 4) is 0 Å². The van der Waals surface area contributed by atoms with Crippen molar-refractivity contribution in [1.82, 2.24) is 20.4 Å². The molecule has 2 N–H and O–H groups in total. The molecule has 7 heteroatoms. The normalized spacial score (nSPS) is 11.0. The summed E-state index contributed by atoms with van der Waals surface area (Å²) in [6.07, 6.45) is 8.52. The molecule has 0 aliphatic carbocycles. The van der Waals surface area contributed by atoms with E-state index in [1.54, 1.807) is 7.05 Å². The largest absolute Gasteiger partial charge is 0.356 e. The minimum atomic E-state index is 0. The third kappa shape index (κ3) is 8.62. The molecule has 0 saturated carbocycles. The fourth-order valence-corrected chi connectivity index (χ4v) is 2.83. The average Bonchev–Trinajstić information content (AvgIpc) is 3.05. The standard InChI is InChI=1S/C18H27N5S.HI/c1-19-18(20-10-6-7-11-24-2)21-12-17-13-22-23(15-17)14-16-8-4-3-5-9-16;/h3-5,8-9,13,15H,6-7,10-12,14H2,1-2H3,(H2,19,20,21);1H. The molecule has 138 valence electrons.